The van der Waals surface area contributed by atoms with Crippen molar-refractivity contribution in [2.24, 2.45) is 5.92 Å². The molecule has 2 aromatic carbocycles. The second-order valence-corrected chi connectivity index (χ2v) is 7.57. The Morgan fingerprint density at radius 1 is 1.09 bits per heavy atom. The highest BCUT2D eigenvalue weighted by atomic mass is 32.2. The monoisotopic (exact) mass is 335 g/mol. The number of rotatable bonds is 5. The van der Waals surface area contributed by atoms with Crippen molar-refractivity contribution in [2.75, 3.05) is 22.3 Å². The third-order valence-electron chi connectivity index (χ3n) is 3.33. The number of nitrogens with two attached hydrogens (primary N) is 2. The van der Waals surface area contributed by atoms with Crippen LogP contribution in [0.25, 0.3) is 0 Å². The molecule has 0 saturated heterocycles. The third-order valence-corrected chi connectivity index (χ3v) is 5.12. The minimum absolute atomic E-state index is 0.0344. The van der Waals surface area contributed by atoms with Gasteiger partial charge in [0.05, 0.1) is 16.3 Å². The van der Waals surface area contributed by atoms with Crippen molar-refractivity contribution >= 4 is 27.1 Å². The summed E-state index contributed by atoms with van der Waals surface area (Å²) >= 11 is 0. The fourth-order valence-electron chi connectivity index (χ4n) is 2.18. The first-order valence-electron chi connectivity index (χ1n) is 7.19. The zero-order valence-corrected chi connectivity index (χ0v) is 13.9. The standard InChI is InChI=1S/C16H21N3O3S/c1-11(2)10-19(14-4-3-5-15(20)16(14)18)23(21,22)13-8-6-12(17)7-9-13/h3-9,11,20H,10,17-18H2,1-2H3. The molecular formula is C16H21N3O3S. The first-order valence-corrected chi connectivity index (χ1v) is 8.63. The normalized spacial score (nSPS) is 11.6. The summed E-state index contributed by atoms with van der Waals surface area (Å²) in [6, 6.07) is 10.5. The van der Waals surface area contributed by atoms with Crippen molar-refractivity contribution in [3.05, 3.63) is 42.5 Å². The molecule has 0 fully saturated rings. The van der Waals surface area contributed by atoms with Gasteiger partial charge in [-0.25, -0.2) is 8.42 Å². The molecule has 0 heterocycles. The molecule has 0 radical (unpaired) electrons. The summed E-state index contributed by atoms with van der Waals surface area (Å²) in [4.78, 5) is 0.120. The summed E-state index contributed by atoms with van der Waals surface area (Å²) in [5.41, 5.74) is 12.3. The van der Waals surface area contributed by atoms with E-state index >= 15 is 0 Å². The van der Waals surface area contributed by atoms with E-state index in [4.69, 9.17) is 11.5 Å². The number of hydrogen-bond acceptors (Lipinski definition) is 5. The maximum atomic E-state index is 13.0. The molecule has 0 unspecified atom stereocenters. The molecule has 0 amide bonds. The first-order chi connectivity index (χ1) is 10.7. The lowest BCUT2D eigenvalue weighted by molar-refractivity contribution is 0.478. The molecule has 0 aliphatic heterocycles. The van der Waals surface area contributed by atoms with Crippen molar-refractivity contribution in [1.82, 2.24) is 0 Å². The average Bonchev–Trinajstić information content (AvgIpc) is 2.48. The van der Waals surface area contributed by atoms with Gasteiger partial charge >= 0.3 is 0 Å². The molecule has 124 valence electrons. The summed E-state index contributed by atoms with van der Waals surface area (Å²) in [6.07, 6.45) is 0. The number of benzene rings is 2. The van der Waals surface area contributed by atoms with E-state index in [-0.39, 0.29) is 34.5 Å². The topological polar surface area (TPSA) is 110 Å². The fourth-order valence-corrected chi connectivity index (χ4v) is 3.83. The minimum atomic E-state index is -3.82. The van der Waals surface area contributed by atoms with Gasteiger partial charge in [0, 0.05) is 12.2 Å². The van der Waals surface area contributed by atoms with Crippen molar-refractivity contribution in [2.45, 2.75) is 18.7 Å². The maximum absolute atomic E-state index is 13.0. The van der Waals surface area contributed by atoms with Crippen LogP contribution in [0.15, 0.2) is 47.4 Å². The zero-order chi connectivity index (χ0) is 17.2. The number of hydrogen-bond donors (Lipinski definition) is 3. The molecule has 7 heteroatoms. The van der Waals surface area contributed by atoms with Crippen LogP contribution in [0.5, 0.6) is 5.75 Å². The molecule has 0 aliphatic carbocycles. The molecule has 0 aromatic heterocycles. The van der Waals surface area contributed by atoms with Crippen LogP contribution in [-0.4, -0.2) is 20.1 Å². The Hall–Kier alpha value is -2.41. The third kappa shape index (κ3) is 3.50. The van der Waals surface area contributed by atoms with Gasteiger partial charge in [0.2, 0.25) is 0 Å². The molecule has 5 N–H and O–H groups in total. The van der Waals surface area contributed by atoms with Crippen molar-refractivity contribution in [3.8, 4) is 5.75 Å². The van der Waals surface area contributed by atoms with Crippen molar-refractivity contribution in [1.29, 1.82) is 0 Å². The number of phenols is 1. The van der Waals surface area contributed by atoms with Crippen LogP contribution >= 0.6 is 0 Å². The van der Waals surface area contributed by atoms with E-state index in [1.54, 1.807) is 12.1 Å². The lowest BCUT2D eigenvalue weighted by Crippen LogP contribution is -2.34. The molecule has 2 rings (SSSR count). The second-order valence-electron chi connectivity index (χ2n) is 5.71. The highest BCUT2D eigenvalue weighted by molar-refractivity contribution is 7.92. The maximum Gasteiger partial charge on any atom is 0.264 e. The fraction of sp³-hybridized carbons (Fsp3) is 0.250. The lowest BCUT2D eigenvalue weighted by Gasteiger charge is -2.27. The van der Waals surface area contributed by atoms with Crippen molar-refractivity contribution in [3.63, 3.8) is 0 Å². The number of anilines is 3. The van der Waals surface area contributed by atoms with Gasteiger partial charge in [-0.2, -0.15) is 0 Å². The van der Waals surface area contributed by atoms with Crippen molar-refractivity contribution < 1.29 is 13.5 Å². The van der Waals surface area contributed by atoms with Crippen LogP contribution in [-0.2, 0) is 10.0 Å². The van der Waals surface area contributed by atoms with Gasteiger partial charge in [-0.1, -0.05) is 19.9 Å². The second kappa shape index (κ2) is 6.37. The highest BCUT2D eigenvalue weighted by Crippen LogP contribution is 2.35. The van der Waals surface area contributed by atoms with E-state index in [9.17, 15) is 13.5 Å². The summed E-state index contributed by atoms with van der Waals surface area (Å²) in [5.74, 6) is -0.0796. The van der Waals surface area contributed by atoms with Crippen LogP contribution in [0.4, 0.5) is 17.1 Å². The van der Waals surface area contributed by atoms with Gasteiger partial charge in [-0.15, -0.1) is 0 Å². The number of nitrogens with zero attached hydrogens (tertiary/aromatic N) is 1. The van der Waals surface area contributed by atoms with E-state index in [1.807, 2.05) is 13.8 Å². The van der Waals surface area contributed by atoms with Gasteiger partial charge in [0.25, 0.3) is 10.0 Å². The number of nitrogen functional groups attached to an aromatic ring is 2. The Bertz CT molecular complexity index is 787. The number of phenolic OH excluding ortho intramolecular Hbond substituents is 1. The molecule has 23 heavy (non-hydrogen) atoms. The number of aromatic hydroxyl groups is 1. The lowest BCUT2D eigenvalue weighted by atomic mass is 10.2. The minimum Gasteiger partial charge on any atom is -0.506 e. The van der Waals surface area contributed by atoms with Crippen LogP contribution in [0, 0.1) is 5.92 Å². The Balaban J connectivity index is 2.58. The molecule has 0 spiro atoms. The number of sulfonamides is 1. The van der Waals surface area contributed by atoms with Crippen LogP contribution < -0.4 is 15.8 Å². The van der Waals surface area contributed by atoms with Gasteiger partial charge < -0.3 is 16.6 Å². The first kappa shape index (κ1) is 17.0. The Kier molecular flexibility index (Phi) is 4.70. The van der Waals surface area contributed by atoms with Gasteiger partial charge in [-0.3, -0.25) is 4.31 Å². The van der Waals surface area contributed by atoms with E-state index in [2.05, 4.69) is 0 Å². The molecule has 0 atom stereocenters. The van der Waals surface area contributed by atoms with Gasteiger partial charge in [-0.05, 0) is 42.3 Å². The van der Waals surface area contributed by atoms with Gasteiger partial charge in [0.1, 0.15) is 5.75 Å². The average molecular weight is 335 g/mol. The quantitative estimate of drug-likeness (QED) is 0.574. The summed E-state index contributed by atoms with van der Waals surface area (Å²) in [6.45, 7) is 4.05. The molecule has 0 saturated carbocycles. The largest absolute Gasteiger partial charge is 0.506 e. The summed E-state index contributed by atoms with van der Waals surface area (Å²) in [7, 11) is -3.82. The Morgan fingerprint density at radius 3 is 2.26 bits per heavy atom. The van der Waals surface area contributed by atoms with E-state index in [0.717, 1.165) is 0 Å². The van der Waals surface area contributed by atoms with E-state index in [0.29, 0.717) is 5.69 Å². The van der Waals surface area contributed by atoms with Crippen LogP contribution in [0.2, 0.25) is 0 Å². The predicted molar refractivity (Wildman–Crippen MR) is 92.7 cm³/mol. The Morgan fingerprint density at radius 2 is 1.70 bits per heavy atom. The number of para-hydroxylation sites is 1. The highest BCUT2D eigenvalue weighted by Gasteiger charge is 2.27. The van der Waals surface area contributed by atoms with Gasteiger partial charge in [0.15, 0.2) is 0 Å². The van der Waals surface area contributed by atoms with Crippen LogP contribution in [0.1, 0.15) is 13.8 Å². The van der Waals surface area contributed by atoms with E-state index in [1.165, 1.54) is 34.6 Å². The summed E-state index contributed by atoms with van der Waals surface area (Å²) < 4.78 is 27.2. The Labute approximate surface area is 136 Å². The SMILES string of the molecule is CC(C)CN(c1cccc(O)c1N)S(=O)(=O)c1ccc(N)cc1. The molecule has 2 aromatic rings. The van der Waals surface area contributed by atoms with E-state index < -0.39 is 10.0 Å². The molecule has 0 bridgehead atoms. The molecular weight excluding hydrogens is 314 g/mol. The predicted octanol–water partition coefficient (Wildman–Crippen LogP) is 2.41. The smallest absolute Gasteiger partial charge is 0.264 e. The van der Waals surface area contributed by atoms with Crippen LogP contribution in [0.3, 0.4) is 0 Å². The zero-order valence-electron chi connectivity index (χ0n) is 13.1. The summed E-state index contributed by atoms with van der Waals surface area (Å²) in [5, 5.41) is 9.79. The molecule has 6 nitrogen and oxygen atoms in total. The molecule has 0 aliphatic rings.